The molecule has 11 heteroatoms. The number of phenolic OH excluding ortho intramolecular Hbond substituents is 1. The van der Waals surface area contributed by atoms with Crippen molar-refractivity contribution in [2.24, 2.45) is 0 Å². The smallest absolute Gasteiger partial charge is 0.224 e. The lowest BCUT2D eigenvalue weighted by atomic mass is 9.95. The topological polar surface area (TPSA) is 148 Å². The zero-order valence-electron chi connectivity index (χ0n) is 22.1. The number of ether oxygens (including phenoxy) is 1. The van der Waals surface area contributed by atoms with Crippen LogP contribution in [0.5, 0.6) is 5.75 Å². The zero-order chi connectivity index (χ0) is 27.6. The van der Waals surface area contributed by atoms with E-state index < -0.39 is 0 Å². The van der Waals surface area contributed by atoms with Gasteiger partial charge in [0, 0.05) is 78.2 Å². The van der Waals surface area contributed by atoms with Crippen molar-refractivity contribution >= 4 is 22.9 Å². The Morgan fingerprint density at radius 3 is 2.80 bits per heavy atom. The zero-order valence-corrected chi connectivity index (χ0v) is 22.1. The van der Waals surface area contributed by atoms with Gasteiger partial charge in [0.2, 0.25) is 11.9 Å². The number of carbonyl (C=O) groups excluding carboxylic acids is 1. The highest BCUT2D eigenvalue weighted by atomic mass is 16.5. The summed E-state index contributed by atoms with van der Waals surface area (Å²) in [6.07, 6.45) is 7.75. The van der Waals surface area contributed by atoms with Crippen LogP contribution in [0.1, 0.15) is 30.5 Å². The van der Waals surface area contributed by atoms with Crippen LogP contribution >= 0.6 is 0 Å². The minimum atomic E-state index is -0.190. The maximum absolute atomic E-state index is 12.5. The van der Waals surface area contributed by atoms with Gasteiger partial charge in [-0.1, -0.05) is 25.1 Å². The second-order valence-electron chi connectivity index (χ2n) is 9.87. The predicted molar refractivity (Wildman–Crippen MR) is 150 cm³/mol. The number of rotatable bonds is 7. The number of morpholine rings is 1. The van der Waals surface area contributed by atoms with Crippen molar-refractivity contribution in [1.82, 2.24) is 34.6 Å². The summed E-state index contributed by atoms with van der Waals surface area (Å²) in [6.45, 7) is 4.93. The number of nitrogens with one attached hydrogen (secondary N) is 1. The fourth-order valence-electron chi connectivity index (χ4n) is 5.05. The largest absolute Gasteiger partial charge is 0.508 e. The van der Waals surface area contributed by atoms with Crippen molar-refractivity contribution < 1.29 is 14.6 Å². The molecule has 6 rings (SSSR count). The molecule has 1 fully saturated rings. The molecule has 4 aromatic heterocycles. The number of aromatic nitrogens is 6. The summed E-state index contributed by atoms with van der Waals surface area (Å²) in [6, 6.07) is 11.1. The van der Waals surface area contributed by atoms with Gasteiger partial charge in [-0.2, -0.15) is 5.10 Å². The van der Waals surface area contributed by atoms with Crippen molar-refractivity contribution in [3.05, 3.63) is 72.4 Å². The van der Waals surface area contributed by atoms with Crippen molar-refractivity contribution in [1.29, 1.82) is 0 Å². The van der Waals surface area contributed by atoms with Gasteiger partial charge >= 0.3 is 0 Å². The van der Waals surface area contributed by atoms with Crippen LogP contribution < -0.4 is 5.73 Å². The third-order valence-corrected chi connectivity index (χ3v) is 7.30. The summed E-state index contributed by atoms with van der Waals surface area (Å²) in [5.41, 5.74) is 11.6. The van der Waals surface area contributed by atoms with E-state index in [-0.39, 0.29) is 23.5 Å². The molecule has 1 aliphatic rings. The van der Waals surface area contributed by atoms with Crippen LogP contribution in [0.2, 0.25) is 0 Å². The Morgan fingerprint density at radius 2 is 1.98 bits per heavy atom. The van der Waals surface area contributed by atoms with Crippen LogP contribution in [0, 0.1) is 0 Å². The summed E-state index contributed by atoms with van der Waals surface area (Å²) >= 11 is 0. The summed E-state index contributed by atoms with van der Waals surface area (Å²) in [5.74, 6) is 0.285. The highest BCUT2D eigenvalue weighted by Gasteiger charge is 2.19. The number of carbonyl (C=O) groups is 1. The minimum Gasteiger partial charge on any atom is -0.508 e. The van der Waals surface area contributed by atoms with Gasteiger partial charge in [-0.15, -0.1) is 0 Å². The molecule has 0 spiro atoms. The first-order valence-electron chi connectivity index (χ1n) is 13.2. The second kappa shape index (κ2) is 10.8. The number of aromatic hydroxyl groups is 1. The summed E-state index contributed by atoms with van der Waals surface area (Å²) in [7, 11) is 0. The van der Waals surface area contributed by atoms with Crippen LogP contribution in [0.15, 0.2) is 61.2 Å². The van der Waals surface area contributed by atoms with E-state index in [1.807, 2.05) is 48.5 Å². The van der Waals surface area contributed by atoms with E-state index in [2.05, 4.69) is 25.0 Å². The van der Waals surface area contributed by atoms with Gasteiger partial charge in [-0.3, -0.25) is 9.48 Å². The highest BCUT2D eigenvalue weighted by Crippen LogP contribution is 2.34. The number of aromatic amines is 1. The number of benzene rings is 1. The van der Waals surface area contributed by atoms with Gasteiger partial charge in [-0.05, 0) is 18.2 Å². The number of nitrogens with two attached hydrogens (primary N) is 1. The van der Waals surface area contributed by atoms with Crippen LogP contribution in [0.25, 0.3) is 33.4 Å². The van der Waals surface area contributed by atoms with Gasteiger partial charge in [0.05, 0.1) is 30.8 Å². The molecule has 0 aliphatic carbocycles. The number of hydrogen-bond acceptors (Lipinski definition) is 8. The molecule has 1 unspecified atom stereocenters. The monoisotopic (exact) mass is 538 g/mol. The molecule has 204 valence electrons. The third kappa shape index (κ3) is 5.10. The Labute approximate surface area is 230 Å². The first-order chi connectivity index (χ1) is 19.5. The van der Waals surface area contributed by atoms with Crippen molar-refractivity contribution in [2.45, 2.75) is 25.8 Å². The number of phenols is 1. The Morgan fingerprint density at radius 1 is 1.15 bits per heavy atom. The third-order valence-electron chi connectivity index (χ3n) is 7.30. The molecule has 11 nitrogen and oxygen atoms in total. The SMILES string of the molecule is CC(c1cc(-c2c[nH]c3ncc(-c4cnn(CCC(=O)N5CCOCC5)c4)cc23)nc(N)n1)c1ccccc1O. The molecule has 1 aliphatic heterocycles. The van der Waals surface area contributed by atoms with E-state index in [0.29, 0.717) is 50.7 Å². The molecule has 5 aromatic rings. The average molecular weight is 539 g/mol. The Bertz CT molecular complexity index is 1670. The van der Waals surface area contributed by atoms with Gasteiger partial charge in [0.25, 0.3) is 0 Å². The molecule has 1 atom stereocenters. The first-order valence-corrected chi connectivity index (χ1v) is 13.2. The van der Waals surface area contributed by atoms with Gasteiger partial charge in [0.15, 0.2) is 0 Å². The fourth-order valence-corrected chi connectivity index (χ4v) is 5.05. The Balaban J connectivity index is 1.25. The number of anilines is 1. The van der Waals surface area contributed by atoms with E-state index in [0.717, 1.165) is 33.3 Å². The standard InChI is InChI=1S/C29H30N8O3/c1-18(21-4-2-3-5-26(21)38)24-13-25(35-29(30)34-24)23-16-32-28-22(23)12-19(14-31-28)20-15-33-37(17-20)7-6-27(39)36-8-10-40-11-9-36/h2-5,12-18,38H,6-11H2,1H3,(H,31,32)(H2,30,34,35). The second-order valence-corrected chi connectivity index (χ2v) is 9.87. The molecular weight excluding hydrogens is 508 g/mol. The number of hydrogen-bond donors (Lipinski definition) is 3. The quantitative estimate of drug-likeness (QED) is 0.285. The lowest BCUT2D eigenvalue weighted by molar-refractivity contribution is -0.135. The van der Waals surface area contributed by atoms with Crippen molar-refractivity contribution in [3.8, 4) is 28.1 Å². The average Bonchev–Trinajstić information content (AvgIpc) is 3.63. The Kier molecular flexibility index (Phi) is 6.87. The summed E-state index contributed by atoms with van der Waals surface area (Å²) in [5, 5.41) is 15.7. The Hall–Kier alpha value is -4.77. The van der Waals surface area contributed by atoms with E-state index in [4.69, 9.17) is 10.5 Å². The van der Waals surface area contributed by atoms with Crippen LogP contribution in [-0.4, -0.2) is 71.9 Å². The number of nitrogen functional groups attached to an aromatic ring is 1. The molecular formula is C29H30N8O3. The van der Waals surface area contributed by atoms with E-state index in [1.165, 1.54) is 0 Å². The normalized spacial score (nSPS) is 14.5. The van der Waals surface area contributed by atoms with Crippen LogP contribution in [-0.2, 0) is 16.1 Å². The van der Waals surface area contributed by atoms with Crippen LogP contribution in [0.3, 0.4) is 0 Å². The van der Waals surface area contributed by atoms with Crippen molar-refractivity contribution in [2.75, 3.05) is 32.0 Å². The van der Waals surface area contributed by atoms with Gasteiger partial charge in [-0.25, -0.2) is 15.0 Å². The fraction of sp³-hybridized carbons (Fsp3) is 0.276. The number of nitrogens with zero attached hydrogens (tertiary/aromatic N) is 6. The molecule has 0 bridgehead atoms. The number of amides is 1. The molecule has 4 N–H and O–H groups in total. The van der Waals surface area contributed by atoms with Gasteiger partial charge in [0.1, 0.15) is 11.4 Å². The maximum Gasteiger partial charge on any atom is 0.224 e. The maximum atomic E-state index is 12.5. The van der Waals surface area contributed by atoms with E-state index in [1.54, 1.807) is 29.2 Å². The molecule has 40 heavy (non-hydrogen) atoms. The first kappa shape index (κ1) is 25.5. The van der Waals surface area contributed by atoms with Crippen LogP contribution in [0.4, 0.5) is 5.95 Å². The minimum absolute atomic E-state index is 0.112. The highest BCUT2D eigenvalue weighted by molar-refractivity contribution is 5.95. The number of H-pyrrole nitrogens is 1. The van der Waals surface area contributed by atoms with E-state index >= 15 is 0 Å². The molecule has 1 amide bonds. The van der Waals surface area contributed by atoms with E-state index in [9.17, 15) is 9.90 Å². The van der Waals surface area contributed by atoms with Gasteiger partial charge < -0.3 is 25.5 Å². The number of pyridine rings is 1. The molecule has 1 saturated heterocycles. The number of fused-ring (bicyclic) bond motifs is 1. The lowest BCUT2D eigenvalue weighted by Gasteiger charge is -2.26. The molecule has 0 saturated carbocycles. The number of aryl methyl sites for hydroxylation is 1. The lowest BCUT2D eigenvalue weighted by Crippen LogP contribution is -2.40. The summed E-state index contributed by atoms with van der Waals surface area (Å²) in [4.78, 5) is 31.1. The number of para-hydroxylation sites is 1. The molecule has 0 radical (unpaired) electrons. The predicted octanol–water partition coefficient (Wildman–Crippen LogP) is 3.57. The van der Waals surface area contributed by atoms with Crippen molar-refractivity contribution in [3.63, 3.8) is 0 Å². The molecule has 1 aromatic carbocycles. The molecule has 5 heterocycles. The summed E-state index contributed by atoms with van der Waals surface area (Å²) < 4.78 is 7.11.